The highest BCUT2D eigenvalue weighted by atomic mass is 35.5. The Kier molecular flexibility index (Phi) is 3.71. The highest BCUT2D eigenvalue weighted by Gasteiger charge is 2.15. The minimum Gasteiger partial charge on any atom is -0.319 e. The molecule has 0 aliphatic heterocycles. The Hall–Kier alpha value is -2.08. The first-order chi connectivity index (χ1) is 8.97. The van der Waals surface area contributed by atoms with Gasteiger partial charge in [0.1, 0.15) is 22.6 Å². The number of nitrogens with one attached hydrogen (secondary N) is 1. The Morgan fingerprint density at radius 1 is 1.16 bits per heavy atom. The van der Waals surface area contributed by atoms with Gasteiger partial charge in [0, 0.05) is 6.07 Å². The van der Waals surface area contributed by atoms with Crippen molar-refractivity contribution in [3.8, 4) is 0 Å². The van der Waals surface area contributed by atoms with Gasteiger partial charge < -0.3 is 5.32 Å². The average Bonchev–Trinajstić information content (AvgIpc) is 2.36. The van der Waals surface area contributed by atoms with Gasteiger partial charge in [0.15, 0.2) is 0 Å². The highest BCUT2D eigenvalue weighted by Crippen LogP contribution is 2.19. The molecule has 0 saturated heterocycles. The van der Waals surface area contributed by atoms with E-state index in [1.807, 2.05) is 0 Å². The van der Waals surface area contributed by atoms with Gasteiger partial charge in [-0.05, 0) is 18.2 Å². The molecule has 0 atom stereocenters. The standard InChI is InChI=1S/C12H6ClF3N2O/c13-11-8(3-7(15)5-17-11)12(19)18-10-4-6(14)1-2-9(10)16/h1-5H,(H,18,19). The Morgan fingerprint density at radius 2 is 1.89 bits per heavy atom. The minimum absolute atomic E-state index is 0.240. The maximum absolute atomic E-state index is 13.3. The number of rotatable bonds is 2. The summed E-state index contributed by atoms with van der Waals surface area (Å²) in [6.07, 6.45) is 0.835. The summed E-state index contributed by atoms with van der Waals surface area (Å²) in [6.45, 7) is 0. The first-order valence-electron chi connectivity index (χ1n) is 5.05. The number of nitrogens with zero attached hydrogens (tertiary/aromatic N) is 1. The molecule has 0 bridgehead atoms. The topological polar surface area (TPSA) is 42.0 Å². The summed E-state index contributed by atoms with van der Waals surface area (Å²) in [5.41, 5.74) is -0.643. The fourth-order valence-corrected chi connectivity index (χ4v) is 1.55. The Balaban J connectivity index is 2.30. The van der Waals surface area contributed by atoms with E-state index in [1.54, 1.807) is 0 Å². The van der Waals surface area contributed by atoms with Crippen LogP contribution in [0.25, 0.3) is 0 Å². The lowest BCUT2D eigenvalue weighted by Gasteiger charge is -2.07. The van der Waals surface area contributed by atoms with Crippen LogP contribution in [0.2, 0.25) is 5.15 Å². The van der Waals surface area contributed by atoms with E-state index in [0.717, 1.165) is 30.5 Å². The predicted molar refractivity (Wildman–Crippen MR) is 63.5 cm³/mol. The van der Waals surface area contributed by atoms with Crippen molar-refractivity contribution in [3.63, 3.8) is 0 Å². The van der Waals surface area contributed by atoms with E-state index < -0.39 is 23.4 Å². The van der Waals surface area contributed by atoms with Crippen molar-refractivity contribution in [1.82, 2.24) is 4.98 Å². The number of hydrogen-bond acceptors (Lipinski definition) is 2. The van der Waals surface area contributed by atoms with Crippen LogP contribution in [0.1, 0.15) is 10.4 Å². The van der Waals surface area contributed by atoms with Gasteiger partial charge >= 0.3 is 0 Å². The van der Waals surface area contributed by atoms with Gasteiger partial charge in [0.05, 0.1) is 17.4 Å². The number of anilines is 1. The zero-order valence-electron chi connectivity index (χ0n) is 9.25. The van der Waals surface area contributed by atoms with Crippen LogP contribution in [0.4, 0.5) is 18.9 Å². The number of pyridine rings is 1. The molecule has 1 heterocycles. The third-order valence-corrected chi connectivity index (χ3v) is 2.53. The third-order valence-electron chi connectivity index (χ3n) is 2.23. The number of halogens is 4. The zero-order valence-corrected chi connectivity index (χ0v) is 10.0. The van der Waals surface area contributed by atoms with Gasteiger partial charge in [-0.15, -0.1) is 0 Å². The second-order valence-electron chi connectivity index (χ2n) is 3.57. The van der Waals surface area contributed by atoms with Gasteiger partial charge in [-0.3, -0.25) is 4.79 Å². The van der Waals surface area contributed by atoms with Crippen molar-refractivity contribution >= 4 is 23.2 Å². The monoisotopic (exact) mass is 286 g/mol. The first kappa shape index (κ1) is 13.4. The van der Waals surface area contributed by atoms with E-state index in [-0.39, 0.29) is 16.4 Å². The highest BCUT2D eigenvalue weighted by molar-refractivity contribution is 6.33. The van der Waals surface area contributed by atoms with Crippen LogP contribution in [-0.4, -0.2) is 10.9 Å². The van der Waals surface area contributed by atoms with Crippen LogP contribution >= 0.6 is 11.6 Å². The molecular weight excluding hydrogens is 281 g/mol. The summed E-state index contributed by atoms with van der Waals surface area (Å²) in [7, 11) is 0. The lowest BCUT2D eigenvalue weighted by molar-refractivity contribution is 0.102. The van der Waals surface area contributed by atoms with Gasteiger partial charge in [-0.25, -0.2) is 18.2 Å². The van der Waals surface area contributed by atoms with Crippen molar-refractivity contribution in [2.45, 2.75) is 0 Å². The number of carbonyl (C=O) groups is 1. The first-order valence-corrected chi connectivity index (χ1v) is 5.42. The SMILES string of the molecule is O=C(Nc1cc(F)ccc1F)c1cc(F)cnc1Cl. The molecule has 2 aromatic rings. The van der Waals surface area contributed by atoms with Gasteiger partial charge in [0.2, 0.25) is 0 Å². The summed E-state index contributed by atoms with van der Waals surface area (Å²) in [5, 5.41) is 1.85. The number of aromatic nitrogens is 1. The summed E-state index contributed by atoms with van der Waals surface area (Å²) < 4.78 is 39.2. The predicted octanol–water partition coefficient (Wildman–Crippen LogP) is 3.40. The van der Waals surface area contributed by atoms with Crippen molar-refractivity contribution in [1.29, 1.82) is 0 Å². The van der Waals surface area contributed by atoms with E-state index in [1.165, 1.54) is 0 Å². The Morgan fingerprint density at radius 3 is 2.63 bits per heavy atom. The average molecular weight is 287 g/mol. The Bertz CT molecular complexity index is 649. The summed E-state index contributed by atoms with van der Waals surface area (Å²) in [4.78, 5) is 15.2. The summed E-state index contributed by atoms with van der Waals surface area (Å²) in [5.74, 6) is -3.20. The molecule has 1 aromatic heterocycles. The molecule has 3 nitrogen and oxygen atoms in total. The molecule has 0 fully saturated rings. The molecule has 1 aromatic carbocycles. The fraction of sp³-hybridized carbons (Fsp3) is 0. The molecule has 0 aliphatic carbocycles. The molecule has 0 radical (unpaired) electrons. The molecule has 98 valence electrons. The molecule has 19 heavy (non-hydrogen) atoms. The quantitative estimate of drug-likeness (QED) is 0.860. The van der Waals surface area contributed by atoms with Gasteiger partial charge in [0.25, 0.3) is 5.91 Å². The van der Waals surface area contributed by atoms with E-state index in [0.29, 0.717) is 0 Å². The van der Waals surface area contributed by atoms with Crippen LogP contribution in [-0.2, 0) is 0 Å². The van der Waals surface area contributed by atoms with Crippen molar-refractivity contribution in [2.24, 2.45) is 0 Å². The molecule has 7 heteroatoms. The number of amides is 1. The smallest absolute Gasteiger partial charge is 0.258 e. The van der Waals surface area contributed by atoms with Gasteiger partial charge in [-0.1, -0.05) is 11.6 Å². The summed E-state index contributed by atoms with van der Waals surface area (Å²) >= 11 is 5.62. The lowest BCUT2D eigenvalue weighted by atomic mass is 10.2. The van der Waals surface area contributed by atoms with Crippen molar-refractivity contribution < 1.29 is 18.0 Å². The lowest BCUT2D eigenvalue weighted by Crippen LogP contribution is -2.14. The van der Waals surface area contributed by atoms with Crippen molar-refractivity contribution in [2.75, 3.05) is 5.32 Å². The summed E-state index contributed by atoms with van der Waals surface area (Å²) in [6, 6.07) is 3.41. The molecule has 0 unspecified atom stereocenters. The van der Waals surface area contributed by atoms with Crippen LogP contribution < -0.4 is 5.32 Å². The van der Waals surface area contributed by atoms with Crippen LogP contribution in [0.5, 0.6) is 0 Å². The van der Waals surface area contributed by atoms with E-state index >= 15 is 0 Å². The maximum Gasteiger partial charge on any atom is 0.258 e. The van der Waals surface area contributed by atoms with E-state index in [2.05, 4.69) is 10.3 Å². The zero-order chi connectivity index (χ0) is 14.0. The van der Waals surface area contributed by atoms with Gasteiger partial charge in [-0.2, -0.15) is 0 Å². The Labute approximate surface area is 111 Å². The van der Waals surface area contributed by atoms with E-state index in [4.69, 9.17) is 11.6 Å². The van der Waals surface area contributed by atoms with E-state index in [9.17, 15) is 18.0 Å². The largest absolute Gasteiger partial charge is 0.319 e. The molecule has 0 aliphatic rings. The molecule has 1 amide bonds. The minimum atomic E-state index is -0.888. The van der Waals surface area contributed by atoms with Crippen LogP contribution in [0, 0.1) is 17.5 Å². The molecule has 1 N–H and O–H groups in total. The number of hydrogen-bond donors (Lipinski definition) is 1. The molecule has 0 saturated carbocycles. The second-order valence-corrected chi connectivity index (χ2v) is 3.93. The molecular formula is C12H6ClF3N2O. The third kappa shape index (κ3) is 3.03. The normalized spacial score (nSPS) is 10.3. The van der Waals surface area contributed by atoms with Crippen LogP contribution in [0.3, 0.4) is 0 Å². The second kappa shape index (κ2) is 5.27. The van der Waals surface area contributed by atoms with Crippen LogP contribution in [0.15, 0.2) is 30.5 Å². The molecule has 0 spiro atoms. The number of carbonyl (C=O) groups excluding carboxylic acids is 1. The fourth-order valence-electron chi connectivity index (χ4n) is 1.36. The number of benzene rings is 1. The van der Waals surface area contributed by atoms with Crippen molar-refractivity contribution in [3.05, 3.63) is 58.6 Å². The maximum atomic E-state index is 13.3. The molecule has 2 rings (SSSR count).